The van der Waals surface area contributed by atoms with E-state index in [9.17, 15) is 4.79 Å². The Labute approximate surface area is 97.6 Å². The molecular formula is C12H23NO3. The molecule has 16 heavy (non-hydrogen) atoms. The van der Waals surface area contributed by atoms with E-state index in [0.29, 0.717) is 0 Å². The number of hydrogen-bond acceptors (Lipinski definition) is 3. The Morgan fingerprint density at radius 3 is 2.94 bits per heavy atom. The van der Waals surface area contributed by atoms with Gasteiger partial charge in [0.2, 0.25) is 0 Å². The van der Waals surface area contributed by atoms with Crippen molar-refractivity contribution in [3.8, 4) is 0 Å². The molecule has 1 rings (SSSR count). The maximum Gasteiger partial charge on any atom is 0.409 e. The molecule has 4 nitrogen and oxygen atoms in total. The van der Waals surface area contributed by atoms with E-state index in [1.165, 1.54) is 19.3 Å². The average molecular weight is 229 g/mol. The Hall–Kier alpha value is -0.770. The largest absolute Gasteiger partial charge is 0.447 e. The van der Waals surface area contributed by atoms with Crippen molar-refractivity contribution in [2.75, 3.05) is 26.3 Å². The molecule has 0 aromatic heterocycles. The van der Waals surface area contributed by atoms with Crippen molar-refractivity contribution < 1.29 is 14.6 Å². The van der Waals surface area contributed by atoms with E-state index in [0.717, 1.165) is 31.8 Å². The molecule has 94 valence electrons. The Balaban J connectivity index is 2.31. The van der Waals surface area contributed by atoms with E-state index < -0.39 is 0 Å². The third-order valence-electron chi connectivity index (χ3n) is 3.12. The summed E-state index contributed by atoms with van der Waals surface area (Å²) < 4.78 is 4.92. The summed E-state index contributed by atoms with van der Waals surface area (Å²) in [5, 5.41) is 8.59. The van der Waals surface area contributed by atoms with Gasteiger partial charge in [-0.3, -0.25) is 0 Å². The second-order valence-electron chi connectivity index (χ2n) is 4.41. The summed E-state index contributed by atoms with van der Waals surface area (Å²) in [7, 11) is 0. The number of amides is 1. The number of likely N-dealkylation sites (tertiary alicyclic amines) is 1. The molecule has 0 aliphatic carbocycles. The third kappa shape index (κ3) is 4.39. The summed E-state index contributed by atoms with van der Waals surface area (Å²) in [6.45, 7) is 3.81. The van der Waals surface area contributed by atoms with E-state index >= 15 is 0 Å². The van der Waals surface area contributed by atoms with Crippen molar-refractivity contribution >= 4 is 6.09 Å². The van der Waals surface area contributed by atoms with Gasteiger partial charge in [-0.05, 0) is 25.2 Å². The number of aliphatic hydroxyl groups is 1. The van der Waals surface area contributed by atoms with Crippen LogP contribution in [0, 0.1) is 5.92 Å². The van der Waals surface area contributed by atoms with Crippen LogP contribution in [0.15, 0.2) is 0 Å². The van der Waals surface area contributed by atoms with Crippen LogP contribution in [0.3, 0.4) is 0 Å². The second-order valence-corrected chi connectivity index (χ2v) is 4.41. The maximum absolute atomic E-state index is 11.6. The molecule has 4 heteroatoms. The van der Waals surface area contributed by atoms with Gasteiger partial charge in [0.1, 0.15) is 6.61 Å². The van der Waals surface area contributed by atoms with Gasteiger partial charge in [-0.15, -0.1) is 0 Å². The van der Waals surface area contributed by atoms with E-state index in [1.54, 1.807) is 4.90 Å². The molecule has 1 aliphatic heterocycles. The van der Waals surface area contributed by atoms with E-state index in [1.807, 2.05) is 0 Å². The highest BCUT2D eigenvalue weighted by Crippen LogP contribution is 2.22. The lowest BCUT2D eigenvalue weighted by Gasteiger charge is -2.19. The molecule has 0 spiro atoms. The minimum absolute atomic E-state index is 0.0992. The lowest BCUT2D eigenvalue weighted by atomic mass is 9.96. The minimum Gasteiger partial charge on any atom is -0.447 e. The molecule has 1 saturated heterocycles. The van der Waals surface area contributed by atoms with Gasteiger partial charge in [0.05, 0.1) is 6.61 Å². The fourth-order valence-electron chi connectivity index (χ4n) is 2.27. The smallest absolute Gasteiger partial charge is 0.409 e. The van der Waals surface area contributed by atoms with Gasteiger partial charge in [0.25, 0.3) is 0 Å². The summed E-state index contributed by atoms with van der Waals surface area (Å²) in [6.07, 6.45) is 5.59. The molecule has 1 aliphatic rings. The van der Waals surface area contributed by atoms with Gasteiger partial charge in [-0.25, -0.2) is 4.79 Å². The normalized spacial score (nSPS) is 21.6. The van der Waals surface area contributed by atoms with Gasteiger partial charge < -0.3 is 14.7 Å². The number of carbonyl (C=O) groups excluding carboxylic acids is 1. The van der Waals surface area contributed by atoms with Crippen LogP contribution in [0.4, 0.5) is 4.79 Å². The molecular weight excluding hydrogens is 206 g/mol. The van der Waals surface area contributed by atoms with Crippen molar-refractivity contribution in [2.45, 2.75) is 39.0 Å². The first-order chi connectivity index (χ1) is 7.77. The van der Waals surface area contributed by atoms with Gasteiger partial charge in [0.15, 0.2) is 0 Å². The van der Waals surface area contributed by atoms with Crippen LogP contribution in [0.25, 0.3) is 0 Å². The average Bonchev–Trinajstić information content (AvgIpc) is 2.52. The molecule has 1 fully saturated rings. The highest BCUT2D eigenvalue weighted by atomic mass is 16.6. The fraction of sp³-hybridized carbons (Fsp3) is 0.917. The predicted octanol–water partition coefficient (Wildman–Crippen LogP) is 2.02. The molecule has 1 N–H and O–H groups in total. The zero-order chi connectivity index (χ0) is 11.8. The molecule has 1 atom stereocenters. The van der Waals surface area contributed by atoms with Gasteiger partial charge >= 0.3 is 6.09 Å². The van der Waals surface area contributed by atoms with Crippen LogP contribution in [0.2, 0.25) is 0 Å². The van der Waals surface area contributed by atoms with E-state index in [4.69, 9.17) is 9.84 Å². The maximum atomic E-state index is 11.6. The number of ether oxygens (including phenoxy) is 1. The van der Waals surface area contributed by atoms with Crippen molar-refractivity contribution in [3.05, 3.63) is 0 Å². The summed E-state index contributed by atoms with van der Waals surface area (Å²) in [5.41, 5.74) is 0. The van der Waals surface area contributed by atoms with Crippen LogP contribution in [0.5, 0.6) is 0 Å². The first kappa shape index (κ1) is 13.3. The fourth-order valence-corrected chi connectivity index (χ4v) is 2.27. The Morgan fingerprint density at radius 1 is 1.44 bits per heavy atom. The topological polar surface area (TPSA) is 49.8 Å². The molecule has 0 saturated carbocycles. The van der Waals surface area contributed by atoms with Gasteiger partial charge in [-0.1, -0.05) is 19.8 Å². The van der Waals surface area contributed by atoms with Crippen LogP contribution >= 0.6 is 0 Å². The Kier molecular flexibility index (Phi) is 6.23. The third-order valence-corrected chi connectivity index (χ3v) is 3.12. The second kappa shape index (κ2) is 7.49. The van der Waals surface area contributed by atoms with Crippen molar-refractivity contribution in [3.63, 3.8) is 0 Å². The summed E-state index contributed by atoms with van der Waals surface area (Å²) in [6, 6.07) is 0. The standard InChI is InChI=1S/C12H23NO3/c1-2-4-11-5-3-7-13(8-6-11)12(15)16-10-9-14/h11,14H,2-10H2,1H3. The molecule has 1 amide bonds. The molecule has 0 aromatic carbocycles. The zero-order valence-corrected chi connectivity index (χ0v) is 10.2. The molecule has 1 heterocycles. The highest BCUT2D eigenvalue weighted by Gasteiger charge is 2.20. The first-order valence-electron chi connectivity index (χ1n) is 6.30. The molecule has 0 bridgehead atoms. The number of carbonyl (C=O) groups is 1. The quantitative estimate of drug-likeness (QED) is 0.802. The molecule has 0 aromatic rings. The highest BCUT2D eigenvalue weighted by molar-refractivity contribution is 5.67. The molecule has 0 radical (unpaired) electrons. The number of hydrogen-bond donors (Lipinski definition) is 1. The number of aliphatic hydroxyl groups excluding tert-OH is 1. The lowest BCUT2D eigenvalue weighted by Crippen LogP contribution is -2.33. The number of rotatable bonds is 4. The van der Waals surface area contributed by atoms with Crippen LogP contribution < -0.4 is 0 Å². The minimum atomic E-state index is -0.272. The number of nitrogens with zero attached hydrogens (tertiary/aromatic N) is 1. The zero-order valence-electron chi connectivity index (χ0n) is 10.2. The SMILES string of the molecule is CCCC1CCCN(C(=O)OCCO)CC1. The predicted molar refractivity (Wildman–Crippen MR) is 62.3 cm³/mol. The Bertz CT molecular complexity index is 208. The monoisotopic (exact) mass is 229 g/mol. The Morgan fingerprint density at radius 2 is 2.25 bits per heavy atom. The first-order valence-corrected chi connectivity index (χ1v) is 6.30. The van der Waals surface area contributed by atoms with Gasteiger partial charge in [-0.2, -0.15) is 0 Å². The van der Waals surface area contributed by atoms with Crippen LogP contribution in [-0.2, 0) is 4.74 Å². The van der Waals surface area contributed by atoms with Crippen molar-refractivity contribution in [1.29, 1.82) is 0 Å². The molecule has 1 unspecified atom stereocenters. The lowest BCUT2D eigenvalue weighted by molar-refractivity contribution is 0.0848. The summed E-state index contributed by atoms with van der Waals surface area (Å²) >= 11 is 0. The summed E-state index contributed by atoms with van der Waals surface area (Å²) in [4.78, 5) is 13.3. The van der Waals surface area contributed by atoms with Crippen molar-refractivity contribution in [2.24, 2.45) is 5.92 Å². The van der Waals surface area contributed by atoms with Crippen LogP contribution in [-0.4, -0.2) is 42.4 Å². The van der Waals surface area contributed by atoms with E-state index in [-0.39, 0.29) is 19.3 Å². The van der Waals surface area contributed by atoms with Crippen LogP contribution in [0.1, 0.15) is 39.0 Å². The van der Waals surface area contributed by atoms with E-state index in [2.05, 4.69) is 6.92 Å². The van der Waals surface area contributed by atoms with Crippen molar-refractivity contribution in [1.82, 2.24) is 4.90 Å². The summed E-state index contributed by atoms with van der Waals surface area (Å²) in [5.74, 6) is 0.764. The van der Waals surface area contributed by atoms with Gasteiger partial charge in [0, 0.05) is 13.1 Å².